The number of methoxy groups -OCH3 is 1. The molecule has 1 fully saturated rings. The molecule has 1 aromatic heterocycles. The molecule has 0 radical (unpaired) electrons. The van der Waals surface area contributed by atoms with Gasteiger partial charge in [0.15, 0.2) is 5.13 Å². The van der Waals surface area contributed by atoms with Gasteiger partial charge >= 0.3 is 5.97 Å². The topological polar surface area (TPSA) is 54.5 Å². The van der Waals surface area contributed by atoms with E-state index >= 15 is 0 Å². The maximum absolute atomic E-state index is 11.4. The molecule has 5 nitrogen and oxygen atoms in total. The number of hydrogen-bond donors (Lipinski definition) is 1. The van der Waals surface area contributed by atoms with Gasteiger partial charge in [-0.2, -0.15) is 0 Å². The Bertz CT molecular complexity index is 411. The predicted octanol–water partition coefficient (Wildman–Crippen LogP) is 2.52. The fourth-order valence-corrected chi connectivity index (χ4v) is 3.01. The van der Waals surface area contributed by atoms with Crippen molar-refractivity contribution in [3.8, 4) is 0 Å². The number of piperidine rings is 1. The minimum atomic E-state index is -0.333. The molecular formula is C12H19N3O2S. The summed E-state index contributed by atoms with van der Waals surface area (Å²) in [6.07, 6.45) is 5.20. The van der Waals surface area contributed by atoms with Gasteiger partial charge in [0, 0.05) is 12.1 Å². The van der Waals surface area contributed by atoms with Gasteiger partial charge in [0.1, 0.15) is 4.88 Å². The Hall–Kier alpha value is -1.14. The highest BCUT2D eigenvalue weighted by atomic mass is 32.1. The van der Waals surface area contributed by atoms with Gasteiger partial charge in [-0.05, 0) is 26.7 Å². The van der Waals surface area contributed by atoms with E-state index in [1.807, 2.05) is 0 Å². The number of thiazole rings is 1. The fraction of sp³-hybridized carbons (Fsp3) is 0.667. The zero-order valence-corrected chi connectivity index (χ0v) is 11.8. The average Bonchev–Trinajstić information content (AvgIpc) is 2.81. The van der Waals surface area contributed by atoms with E-state index in [1.54, 1.807) is 6.20 Å². The lowest BCUT2D eigenvalue weighted by molar-refractivity contribution is 0.0606. The highest BCUT2D eigenvalue weighted by Crippen LogP contribution is 2.25. The van der Waals surface area contributed by atoms with E-state index in [9.17, 15) is 4.79 Å². The molecular weight excluding hydrogens is 250 g/mol. The number of nitrogens with zero attached hydrogens (tertiary/aromatic N) is 2. The first-order valence-electron chi connectivity index (χ1n) is 6.21. The molecule has 0 bridgehead atoms. The number of carbonyl (C=O) groups excluding carboxylic acids is 1. The van der Waals surface area contributed by atoms with E-state index in [0.29, 0.717) is 17.0 Å². The maximum Gasteiger partial charge on any atom is 0.349 e. The van der Waals surface area contributed by atoms with Crippen LogP contribution in [0.4, 0.5) is 5.13 Å². The number of ether oxygens (including phenoxy) is 1. The molecule has 2 heterocycles. The fourth-order valence-electron chi connectivity index (χ4n) is 2.27. The molecule has 1 N–H and O–H groups in total. The molecule has 2 rings (SSSR count). The van der Waals surface area contributed by atoms with Crippen molar-refractivity contribution in [2.24, 2.45) is 0 Å². The summed E-state index contributed by atoms with van der Waals surface area (Å²) in [7, 11) is 1.38. The van der Waals surface area contributed by atoms with Gasteiger partial charge in [-0.15, -0.1) is 0 Å². The van der Waals surface area contributed by atoms with E-state index in [-0.39, 0.29) is 5.97 Å². The van der Waals surface area contributed by atoms with Crippen molar-refractivity contribution >= 4 is 22.4 Å². The molecule has 1 aliphatic heterocycles. The van der Waals surface area contributed by atoms with Crippen LogP contribution in [0.5, 0.6) is 0 Å². The summed E-state index contributed by atoms with van der Waals surface area (Å²) >= 11 is 1.32. The lowest BCUT2D eigenvalue weighted by Crippen LogP contribution is -2.47. The molecule has 2 atom stereocenters. The van der Waals surface area contributed by atoms with Gasteiger partial charge in [-0.3, -0.25) is 5.43 Å². The predicted molar refractivity (Wildman–Crippen MR) is 71.7 cm³/mol. The van der Waals surface area contributed by atoms with Crippen LogP contribution in [0, 0.1) is 0 Å². The molecule has 0 spiro atoms. The van der Waals surface area contributed by atoms with Crippen molar-refractivity contribution in [1.82, 2.24) is 9.99 Å². The van der Waals surface area contributed by atoms with E-state index in [2.05, 4.69) is 34.0 Å². The first-order chi connectivity index (χ1) is 8.61. The Morgan fingerprint density at radius 2 is 2.17 bits per heavy atom. The Morgan fingerprint density at radius 3 is 2.78 bits per heavy atom. The lowest BCUT2D eigenvalue weighted by Gasteiger charge is -2.38. The van der Waals surface area contributed by atoms with Gasteiger partial charge in [0.25, 0.3) is 0 Å². The summed E-state index contributed by atoms with van der Waals surface area (Å²) in [5.41, 5.74) is 3.31. The van der Waals surface area contributed by atoms with Crippen molar-refractivity contribution in [3.05, 3.63) is 11.1 Å². The number of hydrogen-bond acceptors (Lipinski definition) is 6. The number of nitrogens with one attached hydrogen (secondary N) is 1. The minimum Gasteiger partial charge on any atom is -0.465 e. The summed E-state index contributed by atoms with van der Waals surface area (Å²) in [5.74, 6) is -0.333. The Balaban J connectivity index is 2.04. The molecule has 0 saturated carbocycles. The molecule has 18 heavy (non-hydrogen) atoms. The quantitative estimate of drug-likeness (QED) is 0.855. The molecule has 6 heteroatoms. The van der Waals surface area contributed by atoms with Gasteiger partial charge in [0.05, 0.1) is 13.3 Å². The highest BCUT2D eigenvalue weighted by Gasteiger charge is 2.25. The van der Waals surface area contributed by atoms with Crippen LogP contribution in [0.2, 0.25) is 0 Å². The van der Waals surface area contributed by atoms with Crippen molar-refractivity contribution in [1.29, 1.82) is 0 Å². The lowest BCUT2D eigenvalue weighted by atomic mass is 10.00. The van der Waals surface area contributed by atoms with Crippen molar-refractivity contribution < 1.29 is 9.53 Å². The normalized spacial score (nSPS) is 24.8. The number of anilines is 1. The van der Waals surface area contributed by atoms with Crippen molar-refractivity contribution in [2.45, 2.75) is 45.2 Å². The van der Waals surface area contributed by atoms with Crippen LogP contribution in [-0.4, -0.2) is 35.2 Å². The third kappa shape index (κ3) is 2.81. The van der Waals surface area contributed by atoms with Crippen LogP contribution in [0.15, 0.2) is 6.20 Å². The first kappa shape index (κ1) is 13.3. The summed E-state index contributed by atoms with van der Waals surface area (Å²) in [6.45, 7) is 4.41. The van der Waals surface area contributed by atoms with Crippen molar-refractivity contribution in [3.63, 3.8) is 0 Å². The van der Waals surface area contributed by atoms with E-state index < -0.39 is 0 Å². The first-order valence-corrected chi connectivity index (χ1v) is 7.02. The maximum atomic E-state index is 11.4. The van der Waals surface area contributed by atoms with Crippen LogP contribution in [0.3, 0.4) is 0 Å². The van der Waals surface area contributed by atoms with Crippen LogP contribution in [0.1, 0.15) is 42.8 Å². The number of carbonyl (C=O) groups is 1. The minimum absolute atomic E-state index is 0.333. The summed E-state index contributed by atoms with van der Waals surface area (Å²) in [6, 6.07) is 0.971. The second-order valence-corrected chi connectivity index (χ2v) is 5.70. The zero-order chi connectivity index (χ0) is 13.1. The summed E-state index contributed by atoms with van der Waals surface area (Å²) in [5, 5.41) is 2.97. The second-order valence-electron chi connectivity index (χ2n) is 4.67. The zero-order valence-electron chi connectivity index (χ0n) is 11.0. The smallest absolute Gasteiger partial charge is 0.349 e. The standard InChI is InChI=1S/C12H19N3O2S/c1-8-5-4-6-9(2)15(8)14-12-13-7-10(18-12)11(16)17-3/h7-9H,4-6H2,1-3H3,(H,13,14). The van der Waals surface area contributed by atoms with Crippen LogP contribution < -0.4 is 5.43 Å². The van der Waals surface area contributed by atoms with Crippen LogP contribution in [-0.2, 0) is 4.74 Å². The van der Waals surface area contributed by atoms with Gasteiger partial charge in [-0.25, -0.2) is 14.8 Å². The summed E-state index contributed by atoms with van der Waals surface area (Å²) < 4.78 is 4.67. The number of rotatable bonds is 3. The molecule has 0 aliphatic carbocycles. The summed E-state index contributed by atoms with van der Waals surface area (Å²) in [4.78, 5) is 16.1. The molecule has 100 valence electrons. The Labute approximate surface area is 111 Å². The number of esters is 1. The Morgan fingerprint density at radius 1 is 1.50 bits per heavy atom. The largest absolute Gasteiger partial charge is 0.465 e. The van der Waals surface area contributed by atoms with E-state index in [4.69, 9.17) is 0 Å². The van der Waals surface area contributed by atoms with Crippen LogP contribution in [0.25, 0.3) is 0 Å². The number of aromatic nitrogens is 1. The van der Waals surface area contributed by atoms with E-state index in [0.717, 1.165) is 5.13 Å². The van der Waals surface area contributed by atoms with Gasteiger partial charge in [0.2, 0.25) is 0 Å². The molecule has 0 amide bonds. The monoisotopic (exact) mass is 269 g/mol. The Kier molecular flexibility index (Phi) is 4.19. The van der Waals surface area contributed by atoms with Gasteiger partial charge < -0.3 is 4.74 Å². The molecule has 2 unspecified atom stereocenters. The SMILES string of the molecule is COC(=O)c1cnc(NN2C(C)CCCC2C)s1. The highest BCUT2D eigenvalue weighted by molar-refractivity contribution is 7.17. The molecule has 1 saturated heterocycles. The van der Waals surface area contributed by atoms with Gasteiger partial charge in [-0.1, -0.05) is 17.8 Å². The van der Waals surface area contributed by atoms with Crippen molar-refractivity contribution in [2.75, 3.05) is 12.5 Å². The molecule has 0 aromatic carbocycles. The van der Waals surface area contributed by atoms with Crippen LogP contribution >= 0.6 is 11.3 Å². The average molecular weight is 269 g/mol. The third-order valence-electron chi connectivity index (χ3n) is 3.31. The van der Waals surface area contributed by atoms with E-state index in [1.165, 1.54) is 37.7 Å². The molecule has 1 aromatic rings. The molecule has 1 aliphatic rings. The third-order valence-corrected chi connectivity index (χ3v) is 4.19. The second kappa shape index (κ2) is 5.67. The number of hydrazine groups is 1.